The number of rotatable bonds is 3. The van der Waals surface area contributed by atoms with Crippen molar-refractivity contribution in [2.75, 3.05) is 25.6 Å². The van der Waals surface area contributed by atoms with Gasteiger partial charge in [-0.25, -0.2) is 4.79 Å². The average Bonchev–Trinajstić information content (AvgIpc) is 2.50. The molecule has 1 rings (SSSR count). The maximum Gasteiger partial charge on any atom is 0.404 e. The molecular formula is C10H17ClN2O3. The maximum atomic E-state index is 11.5. The molecule has 1 aliphatic heterocycles. The molecule has 1 atom stereocenters. The lowest BCUT2D eigenvalue weighted by Crippen LogP contribution is -2.37. The first-order valence-corrected chi connectivity index (χ1v) is 5.93. The number of nitrogens with two attached hydrogens (primary N) is 1. The molecule has 0 aromatic carbocycles. The van der Waals surface area contributed by atoms with Gasteiger partial charge in [-0.1, -0.05) is 6.42 Å². The van der Waals surface area contributed by atoms with Crippen molar-refractivity contribution >= 4 is 23.6 Å². The first kappa shape index (κ1) is 13.1. The minimum absolute atomic E-state index is 0.00337. The number of ether oxygens (including phenoxy) is 1. The topological polar surface area (TPSA) is 72.6 Å². The smallest absolute Gasteiger partial charge is 0.404 e. The fourth-order valence-electron chi connectivity index (χ4n) is 1.88. The summed E-state index contributed by atoms with van der Waals surface area (Å²) in [5, 5.41) is 0. The molecule has 92 valence electrons. The van der Waals surface area contributed by atoms with Crippen molar-refractivity contribution in [3.63, 3.8) is 0 Å². The number of alkyl halides is 1. The van der Waals surface area contributed by atoms with Gasteiger partial charge >= 0.3 is 6.09 Å². The number of halogens is 1. The number of carbonyl (C=O) groups excluding carboxylic acids is 2. The highest BCUT2D eigenvalue weighted by Gasteiger charge is 2.22. The third kappa shape index (κ3) is 4.26. The van der Waals surface area contributed by atoms with Crippen molar-refractivity contribution in [2.45, 2.75) is 19.3 Å². The number of likely N-dealkylation sites (tertiary alicyclic amines) is 1. The molecule has 2 amide bonds. The maximum absolute atomic E-state index is 11.5. The lowest BCUT2D eigenvalue weighted by Gasteiger charge is -2.23. The van der Waals surface area contributed by atoms with E-state index in [1.54, 1.807) is 4.90 Å². The number of hydrogen-bond donors (Lipinski definition) is 1. The molecule has 6 heteroatoms. The first-order valence-electron chi connectivity index (χ1n) is 5.39. The van der Waals surface area contributed by atoms with Crippen molar-refractivity contribution in [3.8, 4) is 0 Å². The molecule has 0 radical (unpaired) electrons. The van der Waals surface area contributed by atoms with Crippen LogP contribution in [0.1, 0.15) is 19.3 Å². The summed E-state index contributed by atoms with van der Waals surface area (Å²) in [5.74, 6) is 0.110. The summed E-state index contributed by atoms with van der Waals surface area (Å²) in [4.78, 5) is 23.7. The molecule has 1 saturated heterocycles. The van der Waals surface area contributed by atoms with E-state index in [2.05, 4.69) is 0 Å². The van der Waals surface area contributed by atoms with Gasteiger partial charge in [0.05, 0.1) is 6.61 Å². The van der Waals surface area contributed by atoms with E-state index in [0.29, 0.717) is 6.54 Å². The van der Waals surface area contributed by atoms with E-state index in [-0.39, 0.29) is 24.3 Å². The molecule has 0 spiro atoms. The van der Waals surface area contributed by atoms with Crippen LogP contribution in [0.3, 0.4) is 0 Å². The molecule has 2 N–H and O–H groups in total. The molecule has 1 heterocycles. The minimum Gasteiger partial charge on any atom is -0.449 e. The minimum atomic E-state index is -0.764. The van der Waals surface area contributed by atoms with Crippen molar-refractivity contribution < 1.29 is 14.3 Å². The molecule has 0 aromatic heterocycles. The standard InChI is InChI=1S/C10H17ClN2O3/c11-5-9(14)13-4-2-1-3-8(6-13)7-16-10(12)15/h8H,1-7H2,(H2,12,15). The van der Waals surface area contributed by atoms with E-state index < -0.39 is 6.09 Å². The molecule has 0 saturated carbocycles. The van der Waals surface area contributed by atoms with E-state index in [0.717, 1.165) is 25.8 Å². The van der Waals surface area contributed by atoms with Crippen LogP contribution in [-0.4, -0.2) is 42.5 Å². The van der Waals surface area contributed by atoms with Gasteiger partial charge in [-0.05, 0) is 12.8 Å². The SMILES string of the molecule is NC(=O)OCC1CCCCN(C(=O)CCl)C1. The largest absolute Gasteiger partial charge is 0.449 e. The zero-order valence-electron chi connectivity index (χ0n) is 9.15. The van der Waals surface area contributed by atoms with Crippen molar-refractivity contribution in [2.24, 2.45) is 11.7 Å². The van der Waals surface area contributed by atoms with Crippen molar-refractivity contribution in [1.29, 1.82) is 0 Å². The predicted molar refractivity (Wildman–Crippen MR) is 60.2 cm³/mol. The molecule has 0 bridgehead atoms. The first-order chi connectivity index (χ1) is 7.63. The fraction of sp³-hybridized carbons (Fsp3) is 0.800. The van der Waals surface area contributed by atoms with Crippen LogP contribution in [0.15, 0.2) is 0 Å². The highest BCUT2D eigenvalue weighted by molar-refractivity contribution is 6.27. The summed E-state index contributed by atoms with van der Waals surface area (Å²) >= 11 is 5.52. The summed E-state index contributed by atoms with van der Waals surface area (Å²) in [6.45, 7) is 1.61. The second-order valence-electron chi connectivity index (χ2n) is 3.97. The quantitative estimate of drug-likeness (QED) is 0.756. The Morgan fingerprint density at radius 3 is 2.81 bits per heavy atom. The second kappa shape index (κ2) is 6.58. The van der Waals surface area contributed by atoms with Gasteiger partial charge in [-0.3, -0.25) is 4.79 Å². The van der Waals surface area contributed by atoms with Crippen LogP contribution < -0.4 is 5.73 Å². The highest BCUT2D eigenvalue weighted by atomic mass is 35.5. The molecule has 1 unspecified atom stereocenters. The summed E-state index contributed by atoms with van der Waals surface area (Å²) in [7, 11) is 0. The Hall–Kier alpha value is -0.970. The fourth-order valence-corrected chi connectivity index (χ4v) is 2.05. The van der Waals surface area contributed by atoms with Crippen LogP contribution in [0.5, 0.6) is 0 Å². The Labute approximate surface area is 99.9 Å². The van der Waals surface area contributed by atoms with Crippen LogP contribution in [0.4, 0.5) is 4.79 Å². The Morgan fingerprint density at radius 1 is 1.44 bits per heavy atom. The van der Waals surface area contributed by atoms with Crippen LogP contribution in [0.2, 0.25) is 0 Å². The second-order valence-corrected chi connectivity index (χ2v) is 4.23. The Bertz CT molecular complexity index is 260. The number of hydrogen-bond acceptors (Lipinski definition) is 3. The van der Waals surface area contributed by atoms with Gasteiger partial charge in [-0.15, -0.1) is 11.6 Å². The molecule has 5 nitrogen and oxygen atoms in total. The Morgan fingerprint density at radius 2 is 2.19 bits per heavy atom. The average molecular weight is 249 g/mol. The third-order valence-electron chi connectivity index (χ3n) is 2.70. The summed E-state index contributed by atoms with van der Waals surface area (Å²) in [5.41, 5.74) is 4.91. The van der Waals surface area contributed by atoms with E-state index >= 15 is 0 Å². The lowest BCUT2D eigenvalue weighted by atomic mass is 10.0. The van der Waals surface area contributed by atoms with Gasteiger partial charge < -0.3 is 15.4 Å². The van der Waals surface area contributed by atoms with Crippen LogP contribution in [0, 0.1) is 5.92 Å². The van der Waals surface area contributed by atoms with Crippen molar-refractivity contribution in [1.82, 2.24) is 4.90 Å². The van der Waals surface area contributed by atoms with Gasteiger partial charge in [0.1, 0.15) is 5.88 Å². The van der Waals surface area contributed by atoms with E-state index in [1.807, 2.05) is 0 Å². The van der Waals surface area contributed by atoms with Gasteiger partial charge in [0.25, 0.3) is 0 Å². The summed E-state index contributed by atoms with van der Waals surface area (Å²) < 4.78 is 4.77. The Kier molecular flexibility index (Phi) is 5.38. The molecule has 1 aliphatic rings. The third-order valence-corrected chi connectivity index (χ3v) is 2.93. The zero-order chi connectivity index (χ0) is 12.0. The molecule has 0 aliphatic carbocycles. The van der Waals surface area contributed by atoms with Crippen LogP contribution in [0.25, 0.3) is 0 Å². The lowest BCUT2D eigenvalue weighted by molar-refractivity contribution is -0.129. The van der Waals surface area contributed by atoms with Gasteiger partial charge in [-0.2, -0.15) is 0 Å². The van der Waals surface area contributed by atoms with E-state index in [1.165, 1.54) is 0 Å². The number of primary amides is 1. The molecule has 16 heavy (non-hydrogen) atoms. The number of nitrogens with zero attached hydrogens (tertiary/aromatic N) is 1. The predicted octanol–water partition coefficient (Wildman–Crippen LogP) is 0.949. The van der Waals surface area contributed by atoms with Gasteiger partial charge in [0.2, 0.25) is 5.91 Å². The van der Waals surface area contributed by atoms with Crippen molar-refractivity contribution in [3.05, 3.63) is 0 Å². The van der Waals surface area contributed by atoms with E-state index in [4.69, 9.17) is 22.1 Å². The Balaban J connectivity index is 2.45. The molecular weight excluding hydrogens is 232 g/mol. The monoisotopic (exact) mass is 248 g/mol. The normalized spacial score (nSPS) is 21.3. The summed E-state index contributed by atoms with van der Waals surface area (Å²) in [6.07, 6.45) is 2.17. The number of amides is 2. The van der Waals surface area contributed by atoms with Crippen LogP contribution >= 0.6 is 11.6 Å². The van der Waals surface area contributed by atoms with Gasteiger partial charge in [0, 0.05) is 19.0 Å². The number of carbonyl (C=O) groups is 2. The molecule has 0 aromatic rings. The summed E-state index contributed by atoms with van der Waals surface area (Å²) in [6, 6.07) is 0. The van der Waals surface area contributed by atoms with Gasteiger partial charge in [0.15, 0.2) is 0 Å². The van der Waals surface area contributed by atoms with E-state index in [9.17, 15) is 9.59 Å². The molecule has 1 fully saturated rings. The zero-order valence-corrected chi connectivity index (χ0v) is 9.91. The van der Waals surface area contributed by atoms with Crippen LogP contribution in [-0.2, 0) is 9.53 Å². The highest BCUT2D eigenvalue weighted by Crippen LogP contribution is 2.17.